The molecule has 1 aromatic rings. The van der Waals surface area contributed by atoms with Gasteiger partial charge in [0.25, 0.3) is 0 Å². The second-order valence-corrected chi connectivity index (χ2v) is 13.3. The largest absolute Gasteiger partial charge is 0.448 e. The maximum Gasteiger partial charge on any atom is 0.409 e. The third-order valence-corrected chi connectivity index (χ3v) is 11.0. The first-order valence-corrected chi connectivity index (χ1v) is 16.2. The zero-order chi connectivity index (χ0) is 25.6. The number of benzene rings is 1. The summed E-state index contributed by atoms with van der Waals surface area (Å²) in [5.74, 6) is 0.567. The number of carbonyl (C=O) groups is 1. The van der Waals surface area contributed by atoms with Gasteiger partial charge < -0.3 is 14.5 Å². The van der Waals surface area contributed by atoms with Crippen LogP contribution in [0.4, 0.5) is 4.79 Å². The summed E-state index contributed by atoms with van der Waals surface area (Å²) in [4.78, 5) is 18.4. The lowest BCUT2D eigenvalue weighted by molar-refractivity contribution is 0.0366. The third kappa shape index (κ3) is 6.90. The Morgan fingerprint density at radius 3 is 2.22 bits per heavy atom. The molecule has 3 saturated heterocycles. The number of piperidine rings is 3. The highest BCUT2D eigenvalue weighted by molar-refractivity contribution is 7.82. The SMILES string of the molecule is O=C(OC[C@H]1CCC[C@@H](C2CCCCC2)N1S(=O)c1ccc(Cl)cc1)N1CCC(N2CCCCC2)CC1. The van der Waals surface area contributed by atoms with Crippen molar-refractivity contribution < 1.29 is 13.7 Å². The van der Waals surface area contributed by atoms with Crippen molar-refractivity contribution in [2.45, 2.75) is 106 Å². The summed E-state index contributed by atoms with van der Waals surface area (Å²) in [6.07, 6.45) is 15.1. The van der Waals surface area contributed by atoms with Crippen LogP contribution >= 0.6 is 11.6 Å². The molecule has 206 valence electrons. The number of hydrogen-bond acceptors (Lipinski definition) is 4. The average molecular weight is 550 g/mol. The maximum atomic E-state index is 13.9. The highest BCUT2D eigenvalue weighted by Gasteiger charge is 2.40. The van der Waals surface area contributed by atoms with Crippen LogP contribution in [-0.2, 0) is 15.7 Å². The fourth-order valence-electron chi connectivity index (χ4n) is 7.09. The summed E-state index contributed by atoms with van der Waals surface area (Å²) < 4.78 is 22.1. The lowest BCUT2D eigenvalue weighted by atomic mass is 9.80. The van der Waals surface area contributed by atoms with Crippen LogP contribution in [0.2, 0.25) is 5.02 Å². The van der Waals surface area contributed by atoms with Crippen LogP contribution in [0, 0.1) is 5.92 Å². The molecule has 4 fully saturated rings. The molecule has 5 rings (SSSR count). The Balaban J connectivity index is 1.21. The number of likely N-dealkylation sites (tertiary alicyclic amines) is 2. The van der Waals surface area contributed by atoms with Gasteiger partial charge in [0.05, 0.1) is 10.9 Å². The van der Waals surface area contributed by atoms with Crippen molar-refractivity contribution in [2.24, 2.45) is 5.92 Å². The molecule has 1 aromatic carbocycles. The molecule has 4 aliphatic rings. The average Bonchev–Trinajstić information content (AvgIpc) is 2.96. The fourth-order valence-corrected chi connectivity index (χ4v) is 8.79. The Labute approximate surface area is 230 Å². The number of nitrogens with zero attached hydrogens (tertiary/aromatic N) is 3. The molecule has 0 aromatic heterocycles. The molecule has 37 heavy (non-hydrogen) atoms. The standard InChI is InChI=1S/C29H44ClN3O3S/c30-24-12-14-27(15-13-24)37(35)33-26(10-7-11-28(33)23-8-3-1-4-9-23)22-36-29(34)32-20-16-25(17-21-32)31-18-5-2-6-19-31/h12-15,23,25-26,28H,1-11,16-22H2/t26-,28+,37?/m1/s1. The van der Waals surface area contributed by atoms with Crippen molar-refractivity contribution >= 4 is 28.7 Å². The predicted molar refractivity (Wildman–Crippen MR) is 149 cm³/mol. The normalized spacial score (nSPS) is 28.2. The van der Waals surface area contributed by atoms with Gasteiger partial charge in [-0.25, -0.2) is 13.3 Å². The topological polar surface area (TPSA) is 53.1 Å². The lowest BCUT2D eigenvalue weighted by Crippen LogP contribution is -2.53. The first-order chi connectivity index (χ1) is 18.1. The molecule has 6 nitrogen and oxygen atoms in total. The fraction of sp³-hybridized carbons (Fsp3) is 0.759. The zero-order valence-electron chi connectivity index (χ0n) is 22.2. The van der Waals surface area contributed by atoms with Gasteiger partial charge in [0.15, 0.2) is 0 Å². The molecule has 0 N–H and O–H groups in total. The summed E-state index contributed by atoms with van der Waals surface area (Å²) >= 11 is 6.12. The molecule has 1 amide bonds. The molecule has 0 spiro atoms. The molecular weight excluding hydrogens is 506 g/mol. The molecule has 3 atom stereocenters. The minimum absolute atomic E-state index is 0.0213. The Kier molecular flexibility index (Phi) is 9.84. The Morgan fingerprint density at radius 2 is 1.51 bits per heavy atom. The van der Waals surface area contributed by atoms with Gasteiger partial charge in [-0.3, -0.25) is 0 Å². The maximum absolute atomic E-state index is 13.9. The number of amides is 1. The monoisotopic (exact) mass is 549 g/mol. The highest BCUT2D eigenvalue weighted by atomic mass is 35.5. The number of carbonyl (C=O) groups excluding carboxylic acids is 1. The van der Waals surface area contributed by atoms with E-state index >= 15 is 0 Å². The molecule has 3 heterocycles. The molecule has 0 radical (unpaired) electrons. The van der Waals surface area contributed by atoms with E-state index in [1.165, 1.54) is 64.5 Å². The summed E-state index contributed by atoms with van der Waals surface area (Å²) in [7, 11) is -1.30. The summed E-state index contributed by atoms with van der Waals surface area (Å²) in [5.41, 5.74) is 0. The molecule has 3 aliphatic heterocycles. The van der Waals surface area contributed by atoms with E-state index in [4.69, 9.17) is 16.3 Å². The van der Waals surface area contributed by atoms with Gasteiger partial charge in [-0.2, -0.15) is 0 Å². The van der Waals surface area contributed by atoms with Crippen LogP contribution in [0.25, 0.3) is 0 Å². The first-order valence-electron chi connectivity index (χ1n) is 14.7. The van der Waals surface area contributed by atoms with Crippen LogP contribution in [0.3, 0.4) is 0 Å². The second kappa shape index (κ2) is 13.3. The van der Waals surface area contributed by atoms with Crippen molar-refractivity contribution in [1.29, 1.82) is 0 Å². The van der Waals surface area contributed by atoms with Gasteiger partial charge in [0, 0.05) is 30.2 Å². The van der Waals surface area contributed by atoms with Crippen LogP contribution < -0.4 is 0 Å². The Bertz CT molecular complexity index is 896. The molecule has 1 saturated carbocycles. The van der Waals surface area contributed by atoms with Crippen molar-refractivity contribution in [2.75, 3.05) is 32.8 Å². The molecular formula is C29H44ClN3O3S. The molecule has 8 heteroatoms. The van der Waals surface area contributed by atoms with Crippen LogP contribution in [0.15, 0.2) is 29.2 Å². The molecule has 0 bridgehead atoms. The third-order valence-electron chi connectivity index (χ3n) is 9.15. The number of ether oxygens (including phenoxy) is 1. The van der Waals surface area contributed by atoms with Crippen LogP contribution in [0.1, 0.15) is 83.5 Å². The summed E-state index contributed by atoms with van der Waals surface area (Å²) in [6, 6.07) is 8.24. The molecule has 1 unspecified atom stereocenters. The van der Waals surface area contributed by atoms with Crippen molar-refractivity contribution in [3.63, 3.8) is 0 Å². The minimum Gasteiger partial charge on any atom is -0.448 e. The van der Waals surface area contributed by atoms with Crippen molar-refractivity contribution in [1.82, 2.24) is 14.1 Å². The van der Waals surface area contributed by atoms with Gasteiger partial charge in [-0.1, -0.05) is 43.7 Å². The quantitative estimate of drug-likeness (QED) is 0.420. The Morgan fingerprint density at radius 1 is 0.838 bits per heavy atom. The van der Waals surface area contributed by atoms with Crippen molar-refractivity contribution in [3.05, 3.63) is 29.3 Å². The van der Waals surface area contributed by atoms with Gasteiger partial charge in [0.1, 0.15) is 17.6 Å². The van der Waals surface area contributed by atoms with Gasteiger partial charge in [0.2, 0.25) is 0 Å². The molecule has 1 aliphatic carbocycles. The van der Waals surface area contributed by atoms with E-state index in [0.29, 0.717) is 23.6 Å². The number of hydrogen-bond donors (Lipinski definition) is 0. The van der Waals surface area contributed by atoms with E-state index in [1.807, 2.05) is 29.2 Å². The van der Waals surface area contributed by atoms with Crippen LogP contribution in [-0.4, -0.2) is 75.3 Å². The van der Waals surface area contributed by atoms with Gasteiger partial charge >= 0.3 is 6.09 Å². The van der Waals surface area contributed by atoms with E-state index < -0.39 is 11.0 Å². The van der Waals surface area contributed by atoms with E-state index in [2.05, 4.69) is 9.21 Å². The Hall–Kier alpha value is -1.15. The summed E-state index contributed by atoms with van der Waals surface area (Å²) in [5, 5.41) is 0.651. The first kappa shape index (κ1) is 27.4. The number of rotatable bonds is 6. The van der Waals surface area contributed by atoms with Gasteiger partial charge in [-0.05, 0) is 94.6 Å². The van der Waals surface area contributed by atoms with E-state index in [9.17, 15) is 9.00 Å². The van der Waals surface area contributed by atoms with E-state index in [0.717, 1.165) is 50.1 Å². The smallest absolute Gasteiger partial charge is 0.409 e. The lowest BCUT2D eigenvalue weighted by Gasteiger charge is -2.45. The zero-order valence-corrected chi connectivity index (χ0v) is 23.8. The van der Waals surface area contributed by atoms with E-state index in [-0.39, 0.29) is 18.2 Å². The minimum atomic E-state index is -1.30. The predicted octanol–water partition coefficient (Wildman–Crippen LogP) is 6.25. The van der Waals surface area contributed by atoms with Crippen LogP contribution in [0.5, 0.6) is 0 Å². The number of halogens is 1. The highest BCUT2D eigenvalue weighted by Crippen LogP contribution is 2.38. The van der Waals surface area contributed by atoms with E-state index in [1.54, 1.807) is 0 Å². The second-order valence-electron chi connectivity index (χ2n) is 11.5. The summed E-state index contributed by atoms with van der Waals surface area (Å²) in [6.45, 7) is 4.28. The van der Waals surface area contributed by atoms with Gasteiger partial charge in [-0.15, -0.1) is 0 Å². The van der Waals surface area contributed by atoms with Crippen molar-refractivity contribution in [3.8, 4) is 0 Å².